The predicted molar refractivity (Wildman–Crippen MR) is 453 cm³/mol. The Morgan fingerprint density at radius 1 is 0.391 bits per heavy atom. The van der Waals surface area contributed by atoms with Gasteiger partial charge in [0.2, 0.25) is 0 Å². The Kier molecular flexibility index (Phi) is 32.9. The van der Waals surface area contributed by atoms with Crippen LogP contribution in [0.4, 0.5) is 17.2 Å². The van der Waals surface area contributed by atoms with Crippen molar-refractivity contribution < 1.29 is 35.7 Å². The number of phenolic OH excluding ortho intramolecular Hbond substituents is 7. The van der Waals surface area contributed by atoms with Crippen LogP contribution in [0.3, 0.4) is 0 Å². The fourth-order valence-corrected chi connectivity index (χ4v) is 12.0. The number of rotatable bonds is 17. The second kappa shape index (κ2) is 44.5. The zero-order valence-corrected chi connectivity index (χ0v) is 63.0. The Labute approximate surface area is 649 Å². The average Bonchev–Trinajstić information content (AvgIpc) is 0.820. The molecular weight excluding hydrogens is 1390 g/mol. The SMILES string of the molecule is CC(=NC1CCCCC1)c1cccc(C)c1O.Cc1cccc(C(=NC2CCCCC2)c2ccccc2)c1O.Oc1c(Cl)cccc1C=Nc1ccccc1.Oc1ccccc1C=NCCCN=Cc1ccccc1O.Oc1ccccc1C=Nc1cccc2cccnc12.Oc1ccccc1C=Nc1ccccn1. The molecule has 110 heavy (non-hydrogen) atoms. The van der Waals surface area contributed by atoms with E-state index in [2.05, 4.69) is 47.1 Å². The molecule has 2 saturated carbocycles. The van der Waals surface area contributed by atoms with Crippen LogP contribution < -0.4 is 0 Å². The van der Waals surface area contributed by atoms with Crippen molar-refractivity contribution in [3.05, 3.63) is 334 Å². The number of aryl methyl sites for hydroxylation is 2. The third kappa shape index (κ3) is 26.4. The van der Waals surface area contributed by atoms with Crippen molar-refractivity contribution in [2.75, 3.05) is 13.1 Å². The maximum absolute atomic E-state index is 10.5. The van der Waals surface area contributed by atoms with E-state index in [1.807, 2.05) is 191 Å². The van der Waals surface area contributed by atoms with Crippen molar-refractivity contribution >= 4 is 82.2 Å². The van der Waals surface area contributed by atoms with Crippen LogP contribution in [0, 0.1) is 13.8 Å². The van der Waals surface area contributed by atoms with Gasteiger partial charge in [-0.2, -0.15) is 0 Å². The van der Waals surface area contributed by atoms with Crippen LogP contribution in [0.15, 0.2) is 308 Å². The summed E-state index contributed by atoms with van der Waals surface area (Å²) in [6.45, 7) is 7.15. The fourth-order valence-electron chi connectivity index (χ4n) is 11.8. The molecule has 0 unspecified atom stereocenters. The summed E-state index contributed by atoms with van der Waals surface area (Å²) in [7, 11) is 0. The largest absolute Gasteiger partial charge is 0.507 e. The lowest BCUT2D eigenvalue weighted by molar-refractivity contribution is 0.443. The lowest BCUT2D eigenvalue weighted by atomic mass is 9.94. The van der Waals surface area contributed by atoms with Crippen molar-refractivity contribution in [2.45, 2.75) is 103 Å². The summed E-state index contributed by atoms with van der Waals surface area (Å²) in [5, 5.41) is 69.8. The van der Waals surface area contributed by atoms with Gasteiger partial charge in [0.25, 0.3) is 0 Å². The maximum atomic E-state index is 10.5. The average molecular weight is 1490 g/mol. The number of pyridine rings is 2. The first kappa shape index (κ1) is 81.4. The van der Waals surface area contributed by atoms with Gasteiger partial charge in [0.15, 0.2) is 5.82 Å². The number of hydrogen-bond acceptors (Lipinski definition) is 16. The number of aliphatic imine (C=N–C) groups is 7. The normalized spacial score (nSPS) is 13.3. The fraction of sp³-hybridized carbons (Fsp3) is 0.194. The molecule has 0 aliphatic heterocycles. The molecule has 17 heteroatoms. The summed E-state index contributed by atoms with van der Waals surface area (Å²) >= 11 is 5.78. The number of para-hydroxylation sites is 9. The van der Waals surface area contributed by atoms with E-state index in [9.17, 15) is 35.7 Å². The first-order valence-corrected chi connectivity index (χ1v) is 37.3. The number of aromatic hydroxyl groups is 7. The van der Waals surface area contributed by atoms with Crippen molar-refractivity contribution in [3.8, 4) is 40.2 Å². The van der Waals surface area contributed by atoms with Crippen molar-refractivity contribution in [1.82, 2.24) is 9.97 Å². The van der Waals surface area contributed by atoms with Crippen molar-refractivity contribution in [3.63, 3.8) is 0 Å². The Bertz CT molecular complexity index is 5000. The van der Waals surface area contributed by atoms with E-state index in [-0.39, 0.29) is 28.7 Å². The maximum Gasteiger partial charge on any atom is 0.151 e. The molecule has 12 aromatic rings. The minimum absolute atomic E-state index is 0.0591. The highest BCUT2D eigenvalue weighted by Gasteiger charge is 2.19. The molecule has 10 aromatic carbocycles. The number of fused-ring (bicyclic) bond motifs is 1. The van der Waals surface area contributed by atoms with E-state index in [4.69, 9.17) is 21.6 Å². The van der Waals surface area contributed by atoms with Crippen LogP contribution >= 0.6 is 11.6 Å². The highest BCUT2D eigenvalue weighted by molar-refractivity contribution is 6.32. The zero-order valence-electron chi connectivity index (χ0n) is 62.2. The third-order valence-corrected chi connectivity index (χ3v) is 18.2. The second-order valence-electron chi connectivity index (χ2n) is 26.1. The molecule has 0 spiro atoms. The summed E-state index contributed by atoms with van der Waals surface area (Å²) in [5.74, 6) is 2.32. The van der Waals surface area contributed by atoms with E-state index < -0.39 is 0 Å². The van der Waals surface area contributed by atoms with Crippen LogP contribution in [-0.2, 0) is 0 Å². The monoisotopic (exact) mass is 1480 g/mol. The van der Waals surface area contributed by atoms with Crippen LogP contribution in [-0.4, -0.2) is 113 Å². The Morgan fingerprint density at radius 2 is 0.836 bits per heavy atom. The van der Waals surface area contributed by atoms with Crippen LogP contribution in [0.25, 0.3) is 10.9 Å². The molecule has 2 heterocycles. The standard InChI is InChI=1S/C20H23NO.C17H18N2O2.C16H12N2O.C15H21NO.C13H10ClNO.C12H10N2O/c1-15-9-8-14-18(20(15)22)19(16-10-4-2-5-11-16)21-17-12-6-3-7-13-17;20-16-8-3-1-6-14(16)12-18-10-5-11-19-13-15-7-2-4-9-17(15)21;19-15-9-2-1-5-13(15)11-18-14-8-3-6-12-7-4-10-17-16(12)14;1-11-7-6-10-14(15(11)17)12(2)16-13-8-4-3-5-9-13;14-12-8-4-5-10(13(12)16)9-15-11-6-2-1-3-7-11;15-11-6-2-1-5-10(11)9-14-12-7-3-4-8-13-12/h2,4-5,8-11,14,17,22H,3,6-7,12-13H2,1H3;1-4,6-9,12-13,20-21H,5,10-11H2;1-11,19H;6-7,10,13,17H,3-5,8-9H2,1-2H3;1-9,16H;1-9,15H. The lowest BCUT2D eigenvalue weighted by Crippen LogP contribution is -2.15. The number of hydrogen-bond donors (Lipinski definition) is 7. The molecule has 14 rings (SSSR count). The summed E-state index contributed by atoms with van der Waals surface area (Å²) < 4.78 is 0. The van der Waals surface area contributed by atoms with Gasteiger partial charge in [0.05, 0.1) is 39.7 Å². The highest BCUT2D eigenvalue weighted by atomic mass is 35.5. The van der Waals surface area contributed by atoms with E-state index in [0.717, 1.165) is 91.9 Å². The van der Waals surface area contributed by atoms with Gasteiger partial charge in [-0.1, -0.05) is 202 Å². The molecule has 2 aromatic heterocycles. The number of nitrogens with zero attached hydrogens (tertiary/aromatic N) is 9. The van der Waals surface area contributed by atoms with Crippen molar-refractivity contribution in [2.24, 2.45) is 34.9 Å². The molecule has 0 radical (unpaired) electrons. The van der Waals surface area contributed by atoms with Crippen LogP contribution in [0.1, 0.15) is 133 Å². The van der Waals surface area contributed by atoms with E-state index in [0.29, 0.717) is 64.2 Å². The Morgan fingerprint density at radius 3 is 1.39 bits per heavy atom. The molecule has 560 valence electrons. The van der Waals surface area contributed by atoms with E-state index >= 15 is 0 Å². The molecular formula is C93H94ClN9O7. The zero-order chi connectivity index (χ0) is 77.5. The molecule has 0 saturated heterocycles. The summed E-state index contributed by atoms with van der Waals surface area (Å²) in [5.41, 5.74) is 12.4. The predicted octanol–water partition coefficient (Wildman–Crippen LogP) is 21.8. The number of phenols is 7. The molecule has 2 aliphatic rings. The molecule has 0 bridgehead atoms. The quantitative estimate of drug-likeness (QED) is 0.0338. The number of aromatic nitrogens is 2. The van der Waals surface area contributed by atoms with E-state index in [1.54, 1.807) is 122 Å². The smallest absolute Gasteiger partial charge is 0.151 e. The van der Waals surface area contributed by atoms with Gasteiger partial charge in [0, 0.05) is 112 Å². The Balaban J connectivity index is 0.000000153. The van der Waals surface area contributed by atoms with E-state index in [1.165, 1.54) is 51.4 Å². The molecule has 7 N–H and O–H groups in total. The first-order valence-electron chi connectivity index (χ1n) is 37.0. The van der Waals surface area contributed by atoms with Gasteiger partial charge < -0.3 is 35.7 Å². The molecule has 16 nitrogen and oxygen atoms in total. The lowest BCUT2D eigenvalue weighted by Gasteiger charge is -2.20. The number of benzene rings is 10. The third-order valence-electron chi connectivity index (χ3n) is 17.9. The van der Waals surface area contributed by atoms with Crippen LogP contribution in [0.2, 0.25) is 5.02 Å². The summed E-state index contributed by atoms with van der Waals surface area (Å²) in [6.07, 6.45) is 24.9. The van der Waals surface area contributed by atoms with Gasteiger partial charge >= 0.3 is 0 Å². The molecule has 2 fully saturated rings. The topological polar surface area (TPSA) is 254 Å². The Hall–Kier alpha value is -12.7. The summed E-state index contributed by atoms with van der Waals surface area (Å²) in [6, 6.07) is 81.0. The molecule has 0 amide bonds. The van der Waals surface area contributed by atoms with Gasteiger partial charge in [-0.25, -0.2) is 9.98 Å². The van der Waals surface area contributed by atoms with Gasteiger partial charge in [-0.05, 0) is 173 Å². The molecule has 0 atom stereocenters. The van der Waals surface area contributed by atoms with Crippen molar-refractivity contribution in [1.29, 1.82) is 0 Å². The number of halogens is 1. The minimum atomic E-state index is 0.0591. The molecule has 2 aliphatic carbocycles. The highest BCUT2D eigenvalue weighted by Crippen LogP contribution is 2.31. The second-order valence-corrected chi connectivity index (χ2v) is 26.5. The van der Waals surface area contributed by atoms with Gasteiger partial charge in [-0.15, -0.1) is 0 Å². The van der Waals surface area contributed by atoms with Gasteiger partial charge in [-0.3, -0.25) is 34.9 Å². The summed E-state index contributed by atoms with van der Waals surface area (Å²) in [4.78, 5) is 39.5. The van der Waals surface area contributed by atoms with Crippen LogP contribution in [0.5, 0.6) is 40.2 Å². The minimum Gasteiger partial charge on any atom is -0.507 e. The first-order chi connectivity index (χ1) is 53.7. The van der Waals surface area contributed by atoms with Gasteiger partial charge in [0.1, 0.15) is 40.2 Å².